The second-order valence-corrected chi connectivity index (χ2v) is 3.22. The summed E-state index contributed by atoms with van der Waals surface area (Å²) in [7, 11) is 1.84. The molecular weight excluding hydrogens is 200 g/mol. The highest BCUT2D eigenvalue weighted by atomic mass is 35.5. The van der Waals surface area contributed by atoms with Gasteiger partial charge in [-0.25, -0.2) is 0 Å². The molecule has 0 aromatic heterocycles. The smallest absolute Gasteiger partial charge is 0.213 e. The maximum absolute atomic E-state index is 7.59. The zero-order chi connectivity index (χ0) is 10.4. The highest BCUT2D eigenvalue weighted by Crippen LogP contribution is 2.10. The van der Waals surface area contributed by atoms with Gasteiger partial charge < -0.3 is 10.1 Å². The summed E-state index contributed by atoms with van der Waals surface area (Å²) in [6.45, 7) is 1.23. The SMILES string of the molecule is CNCCOC(=N)c1ccc(Cl)cc1. The van der Waals surface area contributed by atoms with Crippen molar-refractivity contribution in [1.82, 2.24) is 5.32 Å². The van der Waals surface area contributed by atoms with Crippen LogP contribution in [0.2, 0.25) is 5.02 Å². The van der Waals surface area contributed by atoms with Crippen molar-refractivity contribution in [2.24, 2.45) is 0 Å². The molecule has 0 aliphatic carbocycles. The predicted molar refractivity (Wildman–Crippen MR) is 58.2 cm³/mol. The van der Waals surface area contributed by atoms with Gasteiger partial charge in [-0.3, -0.25) is 5.41 Å². The van der Waals surface area contributed by atoms with E-state index in [9.17, 15) is 0 Å². The first-order valence-corrected chi connectivity index (χ1v) is 4.73. The highest BCUT2D eigenvalue weighted by molar-refractivity contribution is 6.30. The van der Waals surface area contributed by atoms with Crippen LogP contribution in [0.4, 0.5) is 0 Å². The molecule has 14 heavy (non-hydrogen) atoms. The van der Waals surface area contributed by atoms with Gasteiger partial charge in [-0.1, -0.05) is 11.6 Å². The van der Waals surface area contributed by atoms with Gasteiger partial charge in [0.25, 0.3) is 0 Å². The Morgan fingerprint density at radius 1 is 1.43 bits per heavy atom. The molecular formula is C10H13ClN2O. The average molecular weight is 213 g/mol. The molecule has 0 fully saturated rings. The third-order valence-corrected chi connectivity index (χ3v) is 1.96. The molecule has 1 rings (SSSR count). The Kier molecular flexibility index (Phi) is 4.43. The van der Waals surface area contributed by atoms with Gasteiger partial charge >= 0.3 is 0 Å². The lowest BCUT2D eigenvalue weighted by Crippen LogP contribution is -2.17. The first-order chi connectivity index (χ1) is 6.74. The fourth-order valence-corrected chi connectivity index (χ4v) is 1.07. The van der Waals surface area contributed by atoms with Crippen LogP contribution in [-0.2, 0) is 4.74 Å². The van der Waals surface area contributed by atoms with Gasteiger partial charge in [-0.15, -0.1) is 0 Å². The van der Waals surface area contributed by atoms with Crippen molar-refractivity contribution in [3.63, 3.8) is 0 Å². The Labute approximate surface area is 88.5 Å². The summed E-state index contributed by atoms with van der Waals surface area (Å²) in [5, 5.41) is 11.2. The first kappa shape index (κ1) is 11.0. The molecule has 0 spiro atoms. The highest BCUT2D eigenvalue weighted by Gasteiger charge is 2.01. The standard InChI is InChI=1S/C10H13ClN2O/c1-13-6-7-14-10(12)8-2-4-9(11)5-3-8/h2-5,12-13H,6-7H2,1H3. The summed E-state index contributed by atoms with van der Waals surface area (Å²) in [6, 6.07) is 7.02. The molecule has 0 atom stereocenters. The molecule has 3 nitrogen and oxygen atoms in total. The summed E-state index contributed by atoms with van der Waals surface area (Å²) in [6.07, 6.45) is 0. The zero-order valence-corrected chi connectivity index (χ0v) is 8.77. The lowest BCUT2D eigenvalue weighted by molar-refractivity contribution is 0.304. The Balaban J connectivity index is 2.48. The predicted octanol–water partition coefficient (Wildman–Crippen LogP) is 1.90. The van der Waals surface area contributed by atoms with Crippen LogP contribution in [0.25, 0.3) is 0 Å². The monoisotopic (exact) mass is 212 g/mol. The molecule has 0 radical (unpaired) electrons. The molecule has 4 heteroatoms. The Bertz CT molecular complexity index is 297. The molecule has 0 aliphatic heterocycles. The molecule has 1 aromatic carbocycles. The van der Waals surface area contributed by atoms with Gasteiger partial charge in [0.05, 0.1) is 0 Å². The fraction of sp³-hybridized carbons (Fsp3) is 0.300. The molecule has 0 amide bonds. The normalized spacial score (nSPS) is 9.86. The fourth-order valence-electron chi connectivity index (χ4n) is 0.940. The molecule has 0 aliphatic rings. The van der Waals surface area contributed by atoms with E-state index in [1.54, 1.807) is 24.3 Å². The number of hydrogen-bond donors (Lipinski definition) is 2. The number of nitrogens with one attached hydrogen (secondary N) is 2. The third kappa shape index (κ3) is 3.36. The van der Waals surface area contributed by atoms with Crippen LogP contribution in [0.3, 0.4) is 0 Å². The second kappa shape index (κ2) is 5.62. The van der Waals surface area contributed by atoms with Crippen molar-refractivity contribution in [2.75, 3.05) is 20.2 Å². The molecule has 0 unspecified atom stereocenters. The summed E-state index contributed by atoms with van der Waals surface area (Å²) < 4.78 is 5.19. The Hall–Kier alpha value is -1.06. The number of halogens is 1. The van der Waals surface area contributed by atoms with Crippen molar-refractivity contribution in [2.45, 2.75) is 0 Å². The maximum atomic E-state index is 7.59. The van der Waals surface area contributed by atoms with Gasteiger partial charge in [-0.05, 0) is 31.3 Å². The van der Waals surface area contributed by atoms with E-state index in [0.29, 0.717) is 11.6 Å². The minimum Gasteiger partial charge on any atom is -0.476 e. The Morgan fingerprint density at radius 3 is 2.64 bits per heavy atom. The minimum atomic E-state index is 0.178. The summed E-state index contributed by atoms with van der Waals surface area (Å²) >= 11 is 5.72. The lowest BCUT2D eigenvalue weighted by atomic mass is 10.2. The van der Waals surface area contributed by atoms with Crippen LogP contribution in [0, 0.1) is 5.41 Å². The second-order valence-electron chi connectivity index (χ2n) is 2.79. The van der Waals surface area contributed by atoms with Crippen molar-refractivity contribution < 1.29 is 4.74 Å². The van der Waals surface area contributed by atoms with Crippen LogP contribution < -0.4 is 5.32 Å². The quantitative estimate of drug-likeness (QED) is 0.455. The number of rotatable bonds is 4. The molecule has 0 saturated carbocycles. The van der Waals surface area contributed by atoms with E-state index >= 15 is 0 Å². The maximum Gasteiger partial charge on any atom is 0.213 e. The van der Waals surface area contributed by atoms with E-state index < -0.39 is 0 Å². The van der Waals surface area contributed by atoms with E-state index in [-0.39, 0.29) is 5.90 Å². The van der Waals surface area contributed by atoms with E-state index in [0.717, 1.165) is 12.1 Å². The number of ether oxygens (including phenoxy) is 1. The molecule has 2 N–H and O–H groups in total. The van der Waals surface area contributed by atoms with Gasteiger partial charge in [-0.2, -0.15) is 0 Å². The van der Waals surface area contributed by atoms with Crippen LogP contribution >= 0.6 is 11.6 Å². The van der Waals surface area contributed by atoms with Gasteiger partial charge in [0.15, 0.2) is 0 Å². The Morgan fingerprint density at radius 2 is 2.07 bits per heavy atom. The van der Waals surface area contributed by atoms with Gasteiger partial charge in [0.2, 0.25) is 5.90 Å². The van der Waals surface area contributed by atoms with Crippen molar-refractivity contribution in [3.8, 4) is 0 Å². The van der Waals surface area contributed by atoms with Crippen LogP contribution in [0.15, 0.2) is 24.3 Å². The van der Waals surface area contributed by atoms with Crippen molar-refractivity contribution in [3.05, 3.63) is 34.9 Å². The molecule has 0 heterocycles. The van der Waals surface area contributed by atoms with Crippen LogP contribution in [0.5, 0.6) is 0 Å². The van der Waals surface area contributed by atoms with Crippen LogP contribution in [0.1, 0.15) is 5.56 Å². The molecule has 76 valence electrons. The van der Waals surface area contributed by atoms with Gasteiger partial charge in [0.1, 0.15) is 6.61 Å². The summed E-state index contributed by atoms with van der Waals surface area (Å²) in [5.41, 5.74) is 0.741. The van der Waals surface area contributed by atoms with Crippen molar-refractivity contribution in [1.29, 1.82) is 5.41 Å². The summed E-state index contributed by atoms with van der Waals surface area (Å²) in [4.78, 5) is 0. The number of benzene rings is 1. The minimum absolute atomic E-state index is 0.178. The zero-order valence-electron chi connectivity index (χ0n) is 8.01. The number of hydrogen-bond acceptors (Lipinski definition) is 3. The van der Waals surface area contributed by atoms with E-state index in [1.807, 2.05) is 7.05 Å². The topological polar surface area (TPSA) is 45.1 Å². The first-order valence-electron chi connectivity index (χ1n) is 4.36. The average Bonchev–Trinajstić information content (AvgIpc) is 2.19. The largest absolute Gasteiger partial charge is 0.476 e. The van der Waals surface area contributed by atoms with Gasteiger partial charge in [0, 0.05) is 17.1 Å². The van der Waals surface area contributed by atoms with E-state index in [1.165, 1.54) is 0 Å². The number of likely N-dealkylation sites (N-methyl/N-ethyl adjacent to an activating group) is 1. The molecule has 1 aromatic rings. The third-order valence-electron chi connectivity index (χ3n) is 1.70. The van der Waals surface area contributed by atoms with Crippen molar-refractivity contribution >= 4 is 17.5 Å². The van der Waals surface area contributed by atoms with Crippen LogP contribution in [-0.4, -0.2) is 26.1 Å². The molecule has 0 bridgehead atoms. The lowest BCUT2D eigenvalue weighted by Gasteiger charge is -2.06. The van der Waals surface area contributed by atoms with E-state index in [2.05, 4.69) is 5.32 Å². The molecule has 0 saturated heterocycles. The summed E-state index contributed by atoms with van der Waals surface area (Å²) in [5.74, 6) is 0.178. The van der Waals surface area contributed by atoms with E-state index in [4.69, 9.17) is 21.7 Å².